The molecule has 16 atom stereocenters. The highest BCUT2D eigenvalue weighted by molar-refractivity contribution is 9.10. The molecule has 8 aliphatic rings. The molecule has 8 fully saturated rings. The van der Waals surface area contributed by atoms with Gasteiger partial charge in [-0.25, -0.2) is 4.98 Å². The van der Waals surface area contributed by atoms with Gasteiger partial charge in [0.25, 0.3) is 10.1 Å². The number of H-pyrrole nitrogens is 1. The van der Waals surface area contributed by atoms with E-state index in [9.17, 15) is 51.6 Å². The normalized spacial score (nSPS) is 26.2. The summed E-state index contributed by atoms with van der Waals surface area (Å²) in [6, 6.07) is 14.6. The third-order valence-corrected chi connectivity index (χ3v) is 28.5. The minimum absolute atomic E-state index is 0.0416. The number of methoxy groups -OCH3 is 3. The van der Waals surface area contributed by atoms with Crippen molar-refractivity contribution in [3.63, 3.8) is 0 Å². The number of halogens is 3. The number of aromatic nitrogens is 2. The molecule has 2 unspecified atom stereocenters. The van der Waals surface area contributed by atoms with Crippen molar-refractivity contribution in [2.75, 3.05) is 65.7 Å². The molecule has 0 spiro atoms. The molecule has 4 heterocycles. The molecule has 3 aromatic carbocycles. The fourth-order valence-corrected chi connectivity index (χ4v) is 20.5. The van der Waals surface area contributed by atoms with Crippen LogP contribution >= 0.6 is 62.7 Å². The van der Waals surface area contributed by atoms with Crippen LogP contribution in [-0.2, 0) is 76.3 Å². The summed E-state index contributed by atoms with van der Waals surface area (Å²) >= 11 is 19.6. The molecule has 2 amide bonds. The molecule has 0 bridgehead atoms. The number of hydrogen-bond acceptors (Lipinski definition) is 23. The third-order valence-electron chi connectivity index (χ3n) is 24.2. The van der Waals surface area contributed by atoms with Crippen LogP contribution in [0.5, 0.6) is 17.2 Å². The number of hydrogen-bond donors (Lipinski definition) is 1. The minimum Gasteiger partial charge on any atom is -0.492 e. The van der Waals surface area contributed by atoms with Gasteiger partial charge in [-0.15, -0.1) is 36.7 Å². The molecule has 24 nitrogen and oxygen atoms in total. The maximum atomic E-state index is 14.7. The average Bonchev–Trinajstić information content (AvgIpc) is 1.59. The van der Waals surface area contributed by atoms with Gasteiger partial charge in [0.15, 0.2) is 17.0 Å². The number of amides is 2. The smallest absolute Gasteiger partial charge is 0.312 e. The summed E-state index contributed by atoms with van der Waals surface area (Å²) in [4.78, 5) is 132. The summed E-state index contributed by atoms with van der Waals surface area (Å²) < 4.78 is 77.5. The molecular formula is C88H111BrCl2N4O20S3. The number of carbonyl (C=O) groups is 8. The van der Waals surface area contributed by atoms with Crippen LogP contribution in [0.2, 0.25) is 10.0 Å². The lowest BCUT2D eigenvalue weighted by atomic mass is 9.77. The van der Waals surface area contributed by atoms with E-state index >= 15 is 0 Å². The van der Waals surface area contributed by atoms with E-state index in [0.29, 0.717) is 110 Å². The summed E-state index contributed by atoms with van der Waals surface area (Å²) in [5, 5.41) is 3.59. The van der Waals surface area contributed by atoms with Crippen LogP contribution in [0.1, 0.15) is 159 Å². The maximum absolute atomic E-state index is 14.7. The van der Waals surface area contributed by atoms with Gasteiger partial charge in [-0.05, 0) is 164 Å². The molecule has 118 heavy (non-hydrogen) atoms. The number of pyridine rings is 2. The zero-order valence-electron chi connectivity index (χ0n) is 69.3. The quantitative estimate of drug-likeness (QED) is 0.00999. The van der Waals surface area contributed by atoms with E-state index in [1.54, 1.807) is 84.1 Å². The summed E-state index contributed by atoms with van der Waals surface area (Å²) in [5.74, 6) is 0.581. The fraction of sp³-hybridized carbons (Fsp3) is 0.591. The van der Waals surface area contributed by atoms with E-state index in [4.69, 9.17) is 70.3 Å². The van der Waals surface area contributed by atoms with Gasteiger partial charge in [-0.1, -0.05) is 114 Å². The van der Waals surface area contributed by atoms with Gasteiger partial charge in [-0.3, -0.25) is 47.3 Å². The number of esters is 4. The average molecular weight is 1790 g/mol. The number of ketones is 2. The molecule has 642 valence electrons. The largest absolute Gasteiger partial charge is 0.492 e. The van der Waals surface area contributed by atoms with E-state index < -0.39 is 97.5 Å². The van der Waals surface area contributed by atoms with E-state index in [1.165, 1.54) is 44.1 Å². The molecule has 6 aliphatic carbocycles. The predicted molar refractivity (Wildman–Crippen MR) is 454 cm³/mol. The van der Waals surface area contributed by atoms with Gasteiger partial charge in [0, 0.05) is 66.7 Å². The topological polar surface area (TPSA) is 306 Å². The van der Waals surface area contributed by atoms with Crippen molar-refractivity contribution < 1.29 is 88.9 Å². The van der Waals surface area contributed by atoms with Crippen molar-refractivity contribution >= 4 is 142 Å². The van der Waals surface area contributed by atoms with Crippen molar-refractivity contribution in [3.05, 3.63) is 111 Å². The van der Waals surface area contributed by atoms with Gasteiger partial charge < -0.3 is 52.7 Å². The number of nitrogens with one attached hydrogen (secondary N) is 1. The lowest BCUT2D eigenvalue weighted by molar-refractivity contribution is -0.157. The molecule has 5 aromatic rings. The van der Waals surface area contributed by atoms with Crippen LogP contribution in [0.4, 0.5) is 0 Å². The Kier molecular flexibility index (Phi) is 30.0. The zero-order valence-corrected chi connectivity index (χ0v) is 74.9. The van der Waals surface area contributed by atoms with E-state index in [-0.39, 0.29) is 104 Å². The van der Waals surface area contributed by atoms with Crippen molar-refractivity contribution in [1.82, 2.24) is 19.8 Å². The van der Waals surface area contributed by atoms with Crippen molar-refractivity contribution in [2.24, 2.45) is 69.0 Å². The molecule has 2 aliphatic heterocycles. The number of ether oxygens (including phenoxy) is 8. The lowest BCUT2D eigenvalue weighted by Crippen LogP contribution is -2.48. The Morgan fingerprint density at radius 1 is 0.619 bits per heavy atom. The number of benzene rings is 3. The Hall–Kier alpha value is -7.05. The minimum atomic E-state index is -4.23. The Bertz CT molecular complexity index is 4770. The van der Waals surface area contributed by atoms with Gasteiger partial charge in [0.05, 0.1) is 109 Å². The van der Waals surface area contributed by atoms with Gasteiger partial charge in [0.2, 0.25) is 11.8 Å². The van der Waals surface area contributed by atoms with Crippen molar-refractivity contribution in [2.45, 2.75) is 210 Å². The Labute approximate surface area is 718 Å². The summed E-state index contributed by atoms with van der Waals surface area (Å²) in [6.45, 7) is 26.4. The van der Waals surface area contributed by atoms with Crippen LogP contribution in [0, 0.1) is 69.0 Å². The zero-order chi connectivity index (χ0) is 85.7. The Morgan fingerprint density at radius 3 is 1.57 bits per heavy atom. The first-order valence-corrected chi connectivity index (χ1v) is 45.7. The maximum Gasteiger partial charge on any atom is 0.312 e. The number of nitrogens with zero attached hydrogens (tertiary/aromatic N) is 3. The summed E-state index contributed by atoms with van der Waals surface area (Å²) in [6.07, 6.45) is 8.64. The van der Waals surface area contributed by atoms with E-state index in [1.807, 2.05) is 74.4 Å². The van der Waals surface area contributed by atoms with Crippen LogP contribution in [-0.4, -0.2) is 178 Å². The van der Waals surface area contributed by atoms with Gasteiger partial charge in [-0.2, -0.15) is 8.42 Å². The monoisotopic (exact) mass is 1790 g/mol. The Balaban J connectivity index is 0.000000190. The number of likely N-dealkylation sites (tertiary alicyclic amines) is 2. The number of aromatic amines is 1. The van der Waals surface area contributed by atoms with Crippen LogP contribution in [0.25, 0.3) is 21.8 Å². The summed E-state index contributed by atoms with van der Waals surface area (Å²) in [5.41, 5.74) is -2.24. The Morgan fingerprint density at radius 2 is 1.10 bits per heavy atom. The van der Waals surface area contributed by atoms with Crippen LogP contribution < -0.4 is 19.6 Å². The third kappa shape index (κ3) is 21.5. The SMILES string of the molecule is C=C[C@@H]1C[C@]1(CC(=O)[C@@H]1C[C@@H](Oc2cc(SCC)nc3c(Cl)c(OCCC)ccc23)CN1C(=O)[C@@H](CC(=O)OC1C[C@@H]2C[C@@H]2C1)C(C)(C)C)C(=O)OC.C=C[C@@H]1C[C@]1(CC(=O)[C@@H]1C[C@H](OS(=O)(=O)c2ccc(Br)cc2)CN1C(=O)[C@@H](CC(=O)OC1C[C@@H]2C[C@@H]2C1)C(C)(C)C)C(=O)OC.CCSc1cc(=O)c2ccc(OCCOC)c(Cl)c2[nH]1. The molecule has 2 aromatic heterocycles. The highest BCUT2D eigenvalue weighted by Gasteiger charge is 2.63. The molecule has 6 saturated carbocycles. The predicted octanol–water partition coefficient (Wildman–Crippen LogP) is 16.0. The second kappa shape index (κ2) is 38.6. The molecule has 13 rings (SSSR count). The molecule has 30 heteroatoms. The van der Waals surface area contributed by atoms with Crippen LogP contribution in [0.3, 0.4) is 0 Å². The molecule has 2 saturated heterocycles. The number of fused-ring (bicyclic) bond motifs is 4. The van der Waals surface area contributed by atoms with Crippen molar-refractivity contribution in [1.29, 1.82) is 0 Å². The standard InChI is InChI=1S/C41H53ClN2O8S.C33H42BrNO9S.C14H16ClNO3S/c1-8-13-50-32-12-11-28-33(19-34(53-10-3)43-37(28)36(32)42)51-27-17-30(31(45)21-41(39(48)49-7)20-25(41)9-2)44(22-27)38(47)29(40(4,5)6)18-35(46)52-26-15-23-14-24(23)16-26;1-6-21-16-33(21,31(39)42-5)17-28(36)27-14-24(44-45(40,41)25-9-7-22(34)8-10-25)18-35(27)30(38)26(32(2,3)4)15-29(37)43-23-12-19-11-20(19)13-23;1-3-20-12-8-10(17)9-4-5-11(19-7-6-18-2)13(15)14(9)16-12/h9,11-12,19,23-27,29-30H,2,8,10,13-18,20-22H2,1,3-7H3;6-10,19-21,23-24,26-27H,1,11-18H2,2-5H3;4-5,8H,3,6-7H2,1-2H3,(H,16,17)/t23-,24+,25-,26?,27-,29-,30+,41-;19-,20+,21-,23?,24+,26-,27+,33-;/m11./s1. The number of carbonyl (C=O) groups excluding carboxylic acids is 8. The second-order valence-corrected chi connectivity index (χ2v) is 40.4. The first-order valence-electron chi connectivity index (χ1n) is 40.8. The highest BCUT2D eigenvalue weighted by Crippen LogP contribution is 2.59. The molecular weight excluding hydrogens is 1680 g/mol. The molecule has 0 radical (unpaired) electrons. The summed E-state index contributed by atoms with van der Waals surface area (Å²) in [7, 11) is -0.0376. The highest BCUT2D eigenvalue weighted by atomic mass is 79.9. The van der Waals surface area contributed by atoms with Gasteiger partial charge in [0.1, 0.15) is 57.2 Å². The van der Waals surface area contributed by atoms with E-state index in [0.717, 1.165) is 53.7 Å². The number of thioether (sulfide) groups is 2. The van der Waals surface area contributed by atoms with E-state index in [2.05, 4.69) is 34.1 Å². The molecule has 1 N–H and O–H groups in total. The van der Waals surface area contributed by atoms with Crippen molar-refractivity contribution in [3.8, 4) is 17.2 Å². The van der Waals surface area contributed by atoms with Gasteiger partial charge >= 0.3 is 23.9 Å². The number of allylic oxidation sites excluding steroid dienone is 2. The number of Topliss-reactive ketones (excluding diaryl/α,β-unsaturated/α-hetero) is 2. The van der Waals surface area contributed by atoms with Crippen LogP contribution in [0.15, 0.2) is 110 Å². The first-order chi connectivity index (χ1) is 56.0. The number of rotatable bonds is 34. The second-order valence-electron chi connectivity index (χ2n) is 34.5. The fourth-order valence-electron chi connectivity index (χ4n) is 17.3. The first kappa shape index (κ1) is 91.7. The lowest BCUT2D eigenvalue weighted by Gasteiger charge is -2.35.